The molecule has 0 heterocycles. The molecule has 0 spiro atoms. The normalized spacial score (nSPS) is 22.8. The van der Waals surface area contributed by atoms with E-state index in [0.29, 0.717) is 5.92 Å². The van der Waals surface area contributed by atoms with Gasteiger partial charge in [0.15, 0.2) is 0 Å². The highest BCUT2D eigenvalue weighted by Crippen LogP contribution is 2.32. The second-order valence-corrected chi connectivity index (χ2v) is 6.72. The first kappa shape index (κ1) is 14.9. The van der Waals surface area contributed by atoms with Crippen LogP contribution in [0.5, 0.6) is 0 Å². The predicted octanol–water partition coefficient (Wildman–Crippen LogP) is 1.85. The number of sulfonamides is 1. The molecule has 0 aliphatic heterocycles. The van der Waals surface area contributed by atoms with Crippen molar-refractivity contribution >= 4 is 21.6 Å². The number of hydrogen-bond donors (Lipinski definition) is 2. The summed E-state index contributed by atoms with van der Waals surface area (Å²) in [5.41, 5.74) is 0.235. The summed E-state index contributed by atoms with van der Waals surface area (Å²) in [6, 6.07) is 3.36. The van der Waals surface area contributed by atoms with Gasteiger partial charge in [-0.25, -0.2) is 17.9 Å². The van der Waals surface area contributed by atoms with Crippen molar-refractivity contribution in [2.45, 2.75) is 31.1 Å². The Morgan fingerprint density at radius 1 is 1.40 bits per heavy atom. The second kappa shape index (κ2) is 5.49. The van der Waals surface area contributed by atoms with E-state index in [0.717, 1.165) is 31.4 Å². The number of nitrogens with two attached hydrogens (primary N) is 1. The van der Waals surface area contributed by atoms with Crippen molar-refractivity contribution in [2.24, 2.45) is 17.0 Å². The fourth-order valence-electron chi connectivity index (χ4n) is 2.58. The van der Waals surface area contributed by atoms with Gasteiger partial charge in [0.05, 0.1) is 0 Å². The lowest BCUT2D eigenvalue weighted by Gasteiger charge is -2.15. The summed E-state index contributed by atoms with van der Waals surface area (Å²) in [5, 5.41) is 7.49. The molecule has 110 valence electrons. The Hall–Kier alpha value is -1.47. The summed E-state index contributed by atoms with van der Waals surface area (Å²) in [5.74, 6) is -0.887. The van der Waals surface area contributed by atoms with Gasteiger partial charge in [-0.05, 0) is 37.0 Å². The number of carbonyl (C=O) groups excluding carboxylic acids is 1. The molecule has 5 nitrogen and oxygen atoms in total. The molecule has 0 bridgehead atoms. The number of nitrogens with one attached hydrogen (secondary N) is 1. The molecule has 1 amide bonds. The van der Waals surface area contributed by atoms with E-state index in [9.17, 15) is 17.6 Å². The number of carbonyl (C=O) groups is 1. The highest BCUT2D eigenvalue weighted by atomic mass is 32.2. The van der Waals surface area contributed by atoms with E-state index >= 15 is 0 Å². The fourth-order valence-corrected chi connectivity index (χ4v) is 3.17. The van der Waals surface area contributed by atoms with Gasteiger partial charge in [0, 0.05) is 11.6 Å². The van der Waals surface area contributed by atoms with Gasteiger partial charge in [0.2, 0.25) is 15.9 Å². The Morgan fingerprint density at radius 2 is 2.10 bits per heavy atom. The van der Waals surface area contributed by atoms with Crippen LogP contribution in [0.25, 0.3) is 0 Å². The molecule has 0 saturated heterocycles. The van der Waals surface area contributed by atoms with E-state index in [1.54, 1.807) is 0 Å². The molecule has 1 aromatic rings. The molecule has 0 aromatic heterocycles. The molecule has 2 rings (SSSR count). The molecule has 1 saturated carbocycles. The second-order valence-electron chi connectivity index (χ2n) is 5.19. The minimum Gasteiger partial charge on any atom is -0.326 e. The van der Waals surface area contributed by atoms with Crippen molar-refractivity contribution in [3.8, 4) is 0 Å². The molecule has 2 unspecified atom stereocenters. The maximum atomic E-state index is 13.6. The zero-order valence-electron chi connectivity index (χ0n) is 11.1. The molecule has 1 fully saturated rings. The van der Waals surface area contributed by atoms with Crippen LogP contribution in [0.15, 0.2) is 23.1 Å². The topological polar surface area (TPSA) is 89.3 Å². The Bertz CT molecular complexity index is 631. The van der Waals surface area contributed by atoms with Gasteiger partial charge >= 0.3 is 0 Å². The summed E-state index contributed by atoms with van der Waals surface area (Å²) >= 11 is 0. The molecule has 7 heteroatoms. The van der Waals surface area contributed by atoms with Gasteiger partial charge < -0.3 is 5.32 Å². The SMILES string of the molecule is CC1CCCC1C(=O)Nc1ccc(S(N)(=O)=O)c(F)c1. The Morgan fingerprint density at radius 3 is 2.60 bits per heavy atom. The van der Waals surface area contributed by atoms with Gasteiger partial charge in [-0.2, -0.15) is 0 Å². The van der Waals surface area contributed by atoms with E-state index in [1.165, 1.54) is 6.07 Å². The van der Waals surface area contributed by atoms with Crippen molar-refractivity contribution < 1.29 is 17.6 Å². The minimum atomic E-state index is -4.09. The maximum Gasteiger partial charge on any atom is 0.240 e. The average Bonchev–Trinajstić information content (AvgIpc) is 2.73. The largest absolute Gasteiger partial charge is 0.326 e. The van der Waals surface area contributed by atoms with Gasteiger partial charge in [-0.1, -0.05) is 13.3 Å². The highest BCUT2D eigenvalue weighted by Gasteiger charge is 2.29. The number of anilines is 1. The van der Waals surface area contributed by atoms with Crippen LogP contribution in [0.1, 0.15) is 26.2 Å². The summed E-state index contributed by atoms with van der Waals surface area (Å²) < 4.78 is 35.8. The van der Waals surface area contributed by atoms with Crippen molar-refractivity contribution in [1.29, 1.82) is 0 Å². The van der Waals surface area contributed by atoms with E-state index in [1.807, 2.05) is 6.92 Å². The first-order chi connectivity index (χ1) is 9.29. The van der Waals surface area contributed by atoms with Crippen LogP contribution < -0.4 is 10.5 Å². The average molecular weight is 300 g/mol. The van der Waals surface area contributed by atoms with Crippen LogP contribution in [0, 0.1) is 17.7 Å². The maximum absolute atomic E-state index is 13.6. The number of halogens is 1. The zero-order valence-corrected chi connectivity index (χ0v) is 11.9. The van der Waals surface area contributed by atoms with Crippen molar-refractivity contribution in [1.82, 2.24) is 0 Å². The van der Waals surface area contributed by atoms with Gasteiger partial charge in [0.25, 0.3) is 0 Å². The molecule has 1 aliphatic rings. The van der Waals surface area contributed by atoms with Crippen molar-refractivity contribution in [3.05, 3.63) is 24.0 Å². The summed E-state index contributed by atoms with van der Waals surface area (Å²) in [7, 11) is -4.09. The van der Waals surface area contributed by atoms with E-state index in [4.69, 9.17) is 5.14 Å². The third kappa shape index (κ3) is 3.16. The highest BCUT2D eigenvalue weighted by molar-refractivity contribution is 7.89. The minimum absolute atomic E-state index is 0.0732. The number of hydrogen-bond acceptors (Lipinski definition) is 3. The molecule has 0 radical (unpaired) electrons. The Balaban J connectivity index is 2.15. The van der Waals surface area contributed by atoms with Gasteiger partial charge in [-0.15, -0.1) is 0 Å². The van der Waals surface area contributed by atoms with Crippen LogP contribution in [-0.2, 0) is 14.8 Å². The van der Waals surface area contributed by atoms with Crippen LogP contribution in [-0.4, -0.2) is 14.3 Å². The molecule has 2 atom stereocenters. The molecular weight excluding hydrogens is 283 g/mol. The van der Waals surface area contributed by atoms with Crippen LogP contribution >= 0.6 is 0 Å². The quantitative estimate of drug-likeness (QED) is 0.892. The first-order valence-corrected chi connectivity index (χ1v) is 7.97. The first-order valence-electron chi connectivity index (χ1n) is 6.42. The van der Waals surface area contributed by atoms with Gasteiger partial charge in [-0.3, -0.25) is 4.79 Å². The Labute approximate surface area is 117 Å². The number of amides is 1. The monoisotopic (exact) mass is 300 g/mol. The molecule has 1 aromatic carbocycles. The van der Waals surface area contributed by atoms with Crippen molar-refractivity contribution in [2.75, 3.05) is 5.32 Å². The summed E-state index contributed by atoms with van der Waals surface area (Å²) in [4.78, 5) is 11.5. The van der Waals surface area contributed by atoms with Crippen molar-refractivity contribution in [3.63, 3.8) is 0 Å². The number of rotatable bonds is 3. The standard InChI is InChI=1S/C13H17FN2O3S/c1-8-3-2-4-10(8)13(17)16-9-5-6-12(11(14)7-9)20(15,18)19/h5-8,10H,2-4H2,1H3,(H,16,17)(H2,15,18,19). The number of benzene rings is 1. The summed E-state index contributed by atoms with van der Waals surface area (Å²) in [6.45, 7) is 2.02. The Kier molecular flexibility index (Phi) is 4.10. The third-order valence-electron chi connectivity index (χ3n) is 3.70. The molecule has 20 heavy (non-hydrogen) atoms. The molecule has 3 N–H and O–H groups in total. The summed E-state index contributed by atoms with van der Waals surface area (Å²) in [6.07, 6.45) is 2.85. The lowest BCUT2D eigenvalue weighted by molar-refractivity contribution is -0.120. The lowest BCUT2D eigenvalue weighted by Crippen LogP contribution is -2.24. The zero-order chi connectivity index (χ0) is 14.9. The smallest absolute Gasteiger partial charge is 0.240 e. The molecule has 1 aliphatic carbocycles. The van der Waals surface area contributed by atoms with Gasteiger partial charge in [0.1, 0.15) is 10.7 Å². The fraction of sp³-hybridized carbons (Fsp3) is 0.462. The lowest BCUT2D eigenvalue weighted by atomic mass is 9.97. The third-order valence-corrected chi connectivity index (χ3v) is 4.65. The predicted molar refractivity (Wildman–Crippen MR) is 72.9 cm³/mol. The van der Waals surface area contributed by atoms with Crippen LogP contribution in [0.3, 0.4) is 0 Å². The van der Waals surface area contributed by atoms with E-state index in [-0.39, 0.29) is 17.5 Å². The van der Waals surface area contributed by atoms with Crippen LogP contribution in [0.4, 0.5) is 10.1 Å². The van der Waals surface area contributed by atoms with E-state index < -0.39 is 20.7 Å². The van der Waals surface area contributed by atoms with Crippen LogP contribution in [0.2, 0.25) is 0 Å². The van der Waals surface area contributed by atoms with E-state index in [2.05, 4.69) is 5.32 Å². The molecular formula is C13H17FN2O3S. The number of primary sulfonamides is 1.